The van der Waals surface area contributed by atoms with Gasteiger partial charge in [-0.15, -0.1) is 0 Å². The average molecular weight is 454 g/mol. The molecule has 0 aliphatic carbocycles. The van der Waals surface area contributed by atoms with E-state index in [1.54, 1.807) is 18.0 Å². The van der Waals surface area contributed by atoms with Gasteiger partial charge in [-0.25, -0.2) is 4.39 Å². The van der Waals surface area contributed by atoms with Crippen molar-refractivity contribution in [1.29, 1.82) is 0 Å². The van der Waals surface area contributed by atoms with Crippen LogP contribution in [-0.2, 0) is 16.8 Å². The van der Waals surface area contributed by atoms with Gasteiger partial charge in [-0.05, 0) is 60.4 Å². The van der Waals surface area contributed by atoms with Crippen molar-refractivity contribution in [3.63, 3.8) is 0 Å². The molecule has 4 rings (SSSR count). The van der Waals surface area contributed by atoms with Gasteiger partial charge in [0.05, 0.1) is 6.54 Å². The molecule has 2 aliphatic heterocycles. The Morgan fingerprint density at radius 3 is 2.65 bits per heavy atom. The number of carbonyl (C=O) groups is 1. The van der Waals surface area contributed by atoms with E-state index in [2.05, 4.69) is 0 Å². The lowest BCUT2D eigenvalue weighted by Gasteiger charge is -2.26. The van der Waals surface area contributed by atoms with E-state index in [0.29, 0.717) is 17.7 Å². The molecule has 0 aromatic heterocycles. The number of amides is 1. The van der Waals surface area contributed by atoms with Crippen molar-refractivity contribution in [1.82, 2.24) is 4.90 Å². The lowest BCUT2D eigenvalue weighted by molar-refractivity contribution is -0.145. The fourth-order valence-corrected chi connectivity index (χ4v) is 5.18. The Morgan fingerprint density at radius 2 is 1.90 bits per heavy atom. The van der Waals surface area contributed by atoms with Crippen LogP contribution < -0.4 is 4.90 Å². The minimum Gasteiger partial charge on any atom is -0.384 e. The lowest BCUT2D eigenvalue weighted by Crippen LogP contribution is -2.36. The first-order valence-corrected chi connectivity index (χ1v) is 10.7. The first-order valence-electron chi connectivity index (χ1n) is 9.92. The highest BCUT2D eigenvalue weighted by Crippen LogP contribution is 2.38. The van der Waals surface area contributed by atoms with Crippen molar-refractivity contribution < 1.29 is 27.5 Å². The maximum absolute atomic E-state index is 14.3. The molecule has 0 saturated carbocycles. The quantitative estimate of drug-likeness (QED) is 0.698. The number of aryl methyl sites for hydroxylation is 1. The summed E-state index contributed by atoms with van der Waals surface area (Å²) < 4.78 is 52.4. The number of halogens is 4. The Hall–Kier alpha value is -2.10. The van der Waals surface area contributed by atoms with E-state index in [0.717, 1.165) is 21.0 Å². The molecule has 1 amide bonds. The van der Waals surface area contributed by atoms with Crippen molar-refractivity contribution in [2.24, 2.45) is 0 Å². The van der Waals surface area contributed by atoms with Crippen molar-refractivity contribution in [3.8, 4) is 0 Å². The van der Waals surface area contributed by atoms with Gasteiger partial charge < -0.3 is 10.0 Å². The smallest absolute Gasteiger partial charge is 0.384 e. The second-order valence-corrected chi connectivity index (χ2v) is 9.28. The fourth-order valence-electron chi connectivity index (χ4n) is 4.22. The predicted octanol–water partition coefficient (Wildman–Crippen LogP) is 4.34. The van der Waals surface area contributed by atoms with E-state index in [1.807, 2.05) is 18.2 Å². The molecule has 0 bridgehead atoms. The number of alkyl halides is 3. The molecule has 1 fully saturated rings. The van der Waals surface area contributed by atoms with E-state index in [4.69, 9.17) is 0 Å². The molecule has 1 N–H and O–H groups in total. The van der Waals surface area contributed by atoms with E-state index < -0.39 is 24.1 Å². The molecule has 1 saturated heterocycles. The number of benzene rings is 2. The summed E-state index contributed by atoms with van der Waals surface area (Å²) in [6.07, 6.45) is -3.17. The van der Waals surface area contributed by atoms with Crippen molar-refractivity contribution in [2.45, 2.75) is 40.8 Å². The van der Waals surface area contributed by atoms with Crippen LogP contribution in [0, 0.1) is 5.82 Å². The molecule has 166 valence electrons. The first-order chi connectivity index (χ1) is 14.5. The van der Waals surface area contributed by atoms with Gasteiger partial charge in [0.25, 0.3) is 0 Å². The number of carbonyl (C=O) groups excluding carboxylic acids is 1. The zero-order valence-electron chi connectivity index (χ0n) is 16.9. The Bertz CT molecular complexity index is 1010. The van der Waals surface area contributed by atoms with Crippen LogP contribution in [0.5, 0.6) is 0 Å². The van der Waals surface area contributed by atoms with Crippen LogP contribution in [0.25, 0.3) is 0 Å². The van der Waals surface area contributed by atoms with E-state index in [9.17, 15) is 27.5 Å². The summed E-state index contributed by atoms with van der Waals surface area (Å²) in [5.41, 5.74) is 0.635. The molecule has 0 spiro atoms. The molecule has 2 aromatic carbocycles. The molecule has 9 heteroatoms. The SMILES string of the molecule is CN1C(=O)CCc2cc(Sc3cc(F)cc(C4(O)CCN(CC(F)(F)F)C4)c3)ccc21. The molecular formula is C22H22F4N2O2S. The van der Waals surface area contributed by atoms with Crippen LogP contribution in [0.4, 0.5) is 23.2 Å². The lowest BCUT2D eigenvalue weighted by atomic mass is 9.93. The molecule has 31 heavy (non-hydrogen) atoms. The van der Waals surface area contributed by atoms with Crippen LogP contribution in [0.2, 0.25) is 0 Å². The highest BCUT2D eigenvalue weighted by atomic mass is 32.2. The first kappa shape index (κ1) is 22.1. The molecule has 2 heterocycles. The number of likely N-dealkylation sites (tertiary alicyclic amines) is 1. The molecule has 0 radical (unpaired) electrons. The van der Waals surface area contributed by atoms with Crippen molar-refractivity contribution in [2.75, 3.05) is 31.6 Å². The minimum atomic E-state index is -4.35. The summed E-state index contributed by atoms with van der Waals surface area (Å²) in [5, 5.41) is 10.9. The molecule has 2 aliphatic rings. The monoisotopic (exact) mass is 454 g/mol. The van der Waals surface area contributed by atoms with Gasteiger partial charge >= 0.3 is 6.18 Å². The molecular weight excluding hydrogens is 432 g/mol. The maximum Gasteiger partial charge on any atom is 0.401 e. The Balaban J connectivity index is 1.55. The second-order valence-electron chi connectivity index (χ2n) is 8.13. The summed E-state index contributed by atoms with van der Waals surface area (Å²) in [6, 6.07) is 9.83. The average Bonchev–Trinajstić information content (AvgIpc) is 3.04. The highest BCUT2D eigenvalue weighted by molar-refractivity contribution is 7.99. The predicted molar refractivity (Wildman–Crippen MR) is 110 cm³/mol. The van der Waals surface area contributed by atoms with Crippen molar-refractivity contribution >= 4 is 23.4 Å². The Kier molecular flexibility index (Phi) is 5.78. The second kappa shape index (κ2) is 8.11. The summed E-state index contributed by atoms with van der Waals surface area (Å²) in [6.45, 7) is -1.20. The van der Waals surface area contributed by atoms with E-state index >= 15 is 0 Å². The molecule has 2 aromatic rings. The zero-order chi connectivity index (χ0) is 22.4. The third-order valence-corrected chi connectivity index (χ3v) is 6.73. The van der Waals surface area contributed by atoms with E-state index in [-0.39, 0.29) is 31.0 Å². The van der Waals surface area contributed by atoms with E-state index in [1.165, 1.54) is 23.9 Å². The number of nitrogens with zero attached hydrogens (tertiary/aromatic N) is 2. The number of hydrogen-bond acceptors (Lipinski definition) is 4. The number of anilines is 1. The fraction of sp³-hybridized carbons (Fsp3) is 0.409. The van der Waals surface area contributed by atoms with Gasteiger partial charge in [-0.3, -0.25) is 9.69 Å². The van der Waals surface area contributed by atoms with Gasteiger partial charge in [-0.1, -0.05) is 11.8 Å². The standard InChI is InChI=1S/C22H22F4N2O2S/c1-27-19-4-3-17(8-14(19)2-5-20(27)29)31-18-10-15(9-16(23)11-18)21(30)6-7-28(12-21)13-22(24,25)26/h3-4,8-11,30H,2,5-7,12-13H2,1H3. The third kappa shape index (κ3) is 4.88. The van der Waals surface area contributed by atoms with Gasteiger partial charge in [0.15, 0.2) is 0 Å². The summed E-state index contributed by atoms with van der Waals surface area (Å²) >= 11 is 1.31. The molecule has 1 unspecified atom stereocenters. The van der Waals surface area contributed by atoms with Crippen LogP contribution in [-0.4, -0.2) is 48.8 Å². The number of rotatable bonds is 4. The summed E-state index contributed by atoms with van der Waals surface area (Å²) in [4.78, 5) is 16.0. The Morgan fingerprint density at radius 1 is 1.13 bits per heavy atom. The van der Waals surface area contributed by atoms with Crippen molar-refractivity contribution in [3.05, 3.63) is 53.3 Å². The Labute approximate surface area is 181 Å². The normalized spacial score (nSPS) is 22.1. The highest BCUT2D eigenvalue weighted by Gasteiger charge is 2.42. The number of hydrogen-bond donors (Lipinski definition) is 1. The topological polar surface area (TPSA) is 43.8 Å². The number of aliphatic hydroxyl groups is 1. The van der Waals surface area contributed by atoms with Gasteiger partial charge in [0.1, 0.15) is 11.4 Å². The van der Waals surface area contributed by atoms with Gasteiger partial charge in [-0.2, -0.15) is 13.2 Å². The van der Waals surface area contributed by atoms with Crippen LogP contribution >= 0.6 is 11.8 Å². The minimum absolute atomic E-state index is 0.0621. The zero-order valence-corrected chi connectivity index (χ0v) is 17.7. The van der Waals surface area contributed by atoms with Gasteiger partial charge in [0.2, 0.25) is 5.91 Å². The van der Waals surface area contributed by atoms with Gasteiger partial charge in [0, 0.05) is 42.0 Å². The number of fused-ring (bicyclic) bond motifs is 1. The summed E-state index contributed by atoms with van der Waals surface area (Å²) in [7, 11) is 1.73. The molecule has 4 nitrogen and oxygen atoms in total. The third-order valence-electron chi connectivity index (χ3n) is 5.77. The van der Waals surface area contributed by atoms with Crippen LogP contribution in [0.15, 0.2) is 46.2 Å². The van der Waals surface area contributed by atoms with Crippen LogP contribution in [0.1, 0.15) is 24.0 Å². The van der Waals surface area contributed by atoms with Crippen LogP contribution in [0.3, 0.4) is 0 Å². The number of β-amino-alcohol motifs (C(OH)–C–C–N with tert-alkyl or cyclic N) is 1. The maximum atomic E-state index is 14.3. The molecule has 1 atom stereocenters. The largest absolute Gasteiger partial charge is 0.401 e. The summed E-state index contributed by atoms with van der Waals surface area (Å²) in [5.74, 6) is -0.488.